The fourth-order valence-corrected chi connectivity index (χ4v) is 4.94. The second-order valence-corrected chi connectivity index (χ2v) is 9.52. The van der Waals surface area contributed by atoms with E-state index in [0.717, 1.165) is 18.5 Å². The van der Waals surface area contributed by atoms with Crippen LogP contribution in [0.4, 0.5) is 8.78 Å². The van der Waals surface area contributed by atoms with Crippen molar-refractivity contribution in [3.05, 3.63) is 57.6 Å². The summed E-state index contributed by atoms with van der Waals surface area (Å²) in [5.74, 6) is -0.881. The van der Waals surface area contributed by atoms with E-state index in [1.165, 1.54) is 12.1 Å². The summed E-state index contributed by atoms with van der Waals surface area (Å²) in [5, 5.41) is 18.6. The SMILES string of the molecule is Cc1noc2nc(C3CC3)cc(C(=O)NC(c3cccc(F)c3Cl)[C@]3(O)CC[C@H](F)CC3)c12. The maximum atomic E-state index is 14.3. The zero-order chi connectivity index (χ0) is 23.3. The number of aromatic nitrogens is 2. The van der Waals surface area contributed by atoms with Crippen LogP contribution in [0.5, 0.6) is 0 Å². The van der Waals surface area contributed by atoms with Gasteiger partial charge in [0.05, 0.1) is 33.3 Å². The lowest BCUT2D eigenvalue weighted by molar-refractivity contribution is -0.0445. The van der Waals surface area contributed by atoms with Gasteiger partial charge in [-0.05, 0) is 63.1 Å². The van der Waals surface area contributed by atoms with Gasteiger partial charge in [0.2, 0.25) is 0 Å². The number of benzene rings is 1. The number of pyridine rings is 1. The predicted molar refractivity (Wildman–Crippen MR) is 118 cm³/mol. The summed E-state index contributed by atoms with van der Waals surface area (Å²) < 4.78 is 33.5. The number of aliphatic hydroxyl groups is 1. The van der Waals surface area contributed by atoms with Crippen LogP contribution < -0.4 is 5.32 Å². The van der Waals surface area contributed by atoms with E-state index in [4.69, 9.17) is 16.1 Å². The molecular weight excluding hydrogens is 452 g/mol. The molecule has 2 saturated carbocycles. The number of amides is 1. The number of carbonyl (C=O) groups excluding carboxylic acids is 1. The fraction of sp³-hybridized carbons (Fsp3) is 0.458. The first-order chi connectivity index (χ1) is 15.8. The molecule has 0 aliphatic heterocycles. The summed E-state index contributed by atoms with van der Waals surface area (Å²) >= 11 is 6.26. The van der Waals surface area contributed by atoms with Gasteiger partial charge >= 0.3 is 0 Å². The van der Waals surface area contributed by atoms with Gasteiger partial charge in [-0.3, -0.25) is 4.79 Å². The molecular formula is C24H24ClF2N3O3. The van der Waals surface area contributed by atoms with Crippen molar-refractivity contribution in [1.82, 2.24) is 15.5 Å². The Morgan fingerprint density at radius 1 is 1.30 bits per heavy atom. The zero-order valence-electron chi connectivity index (χ0n) is 18.1. The number of fused-ring (bicyclic) bond motifs is 1. The van der Waals surface area contributed by atoms with Gasteiger partial charge in [-0.1, -0.05) is 28.9 Å². The maximum Gasteiger partial charge on any atom is 0.259 e. The van der Waals surface area contributed by atoms with Gasteiger partial charge in [0, 0.05) is 11.6 Å². The molecule has 1 unspecified atom stereocenters. The van der Waals surface area contributed by atoms with Gasteiger partial charge in [0.15, 0.2) is 0 Å². The molecule has 5 rings (SSSR count). The number of carbonyl (C=O) groups is 1. The Hall–Kier alpha value is -2.58. The average Bonchev–Trinajstić information content (AvgIpc) is 3.59. The Morgan fingerprint density at radius 3 is 2.73 bits per heavy atom. The summed E-state index contributed by atoms with van der Waals surface area (Å²) in [6.07, 6.45) is 1.45. The molecule has 1 aromatic carbocycles. The molecule has 2 fully saturated rings. The zero-order valence-corrected chi connectivity index (χ0v) is 18.8. The van der Waals surface area contributed by atoms with Gasteiger partial charge in [-0.15, -0.1) is 0 Å². The molecule has 0 bridgehead atoms. The van der Waals surface area contributed by atoms with Crippen LogP contribution in [0.1, 0.15) is 77.8 Å². The first-order valence-corrected chi connectivity index (χ1v) is 11.5. The second kappa shape index (κ2) is 8.33. The molecule has 9 heteroatoms. The largest absolute Gasteiger partial charge is 0.387 e. The van der Waals surface area contributed by atoms with E-state index < -0.39 is 29.5 Å². The lowest BCUT2D eigenvalue weighted by Crippen LogP contribution is -2.48. The highest BCUT2D eigenvalue weighted by molar-refractivity contribution is 6.31. The third-order valence-corrected chi connectivity index (χ3v) is 7.16. The summed E-state index contributed by atoms with van der Waals surface area (Å²) in [6, 6.07) is 4.94. The Bertz CT molecular complexity index is 1220. The second-order valence-electron chi connectivity index (χ2n) is 9.14. The van der Waals surface area contributed by atoms with E-state index in [-0.39, 0.29) is 47.9 Å². The topological polar surface area (TPSA) is 88.2 Å². The number of aryl methyl sites for hydroxylation is 1. The maximum absolute atomic E-state index is 14.3. The average molecular weight is 476 g/mol. The van der Waals surface area contributed by atoms with Crippen molar-refractivity contribution >= 4 is 28.6 Å². The van der Waals surface area contributed by atoms with Crippen molar-refractivity contribution in [3.63, 3.8) is 0 Å². The van der Waals surface area contributed by atoms with Crippen molar-refractivity contribution in [2.24, 2.45) is 0 Å². The van der Waals surface area contributed by atoms with Gasteiger partial charge in [-0.25, -0.2) is 13.8 Å². The molecule has 3 aromatic rings. The lowest BCUT2D eigenvalue weighted by Gasteiger charge is -2.41. The number of nitrogens with zero attached hydrogens (tertiary/aromatic N) is 2. The van der Waals surface area contributed by atoms with Crippen molar-refractivity contribution in [2.75, 3.05) is 0 Å². The molecule has 2 N–H and O–H groups in total. The number of hydrogen-bond acceptors (Lipinski definition) is 5. The first-order valence-electron chi connectivity index (χ1n) is 11.1. The highest BCUT2D eigenvalue weighted by Crippen LogP contribution is 2.43. The van der Waals surface area contributed by atoms with E-state index >= 15 is 0 Å². The highest BCUT2D eigenvalue weighted by atomic mass is 35.5. The third kappa shape index (κ3) is 4.10. The highest BCUT2D eigenvalue weighted by Gasteiger charge is 2.43. The number of hydrogen-bond donors (Lipinski definition) is 2. The minimum absolute atomic E-state index is 0.108. The molecule has 2 aromatic heterocycles. The minimum Gasteiger partial charge on any atom is -0.387 e. The van der Waals surface area contributed by atoms with E-state index in [1.54, 1.807) is 19.1 Å². The summed E-state index contributed by atoms with van der Waals surface area (Å²) in [6.45, 7) is 1.72. The third-order valence-electron chi connectivity index (χ3n) is 6.76. The van der Waals surface area contributed by atoms with Crippen molar-refractivity contribution in [2.45, 2.75) is 69.2 Å². The summed E-state index contributed by atoms with van der Waals surface area (Å²) in [4.78, 5) is 18.1. The van der Waals surface area contributed by atoms with Gasteiger partial charge in [0.25, 0.3) is 11.6 Å². The van der Waals surface area contributed by atoms with Gasteiger partial charge < -0.3 is 14.9 Å². The predicted octanol–water partition coefficient (Wildman–Crippen LogP) is 5.32. The summed E-state index contributed by atoms with van der Waals surface area (Å²) in [5.41, 5.74) is 0.632. The number of rotatable bonds is 5. The summed E-state index contributed by atoms with van der Waals surface area (Å²) in [7, 11) is 0. The Morgan fingerprint density at radius 2 is 2.03 bits per heavy atom. The molecule has 6 nitrogen and oxygen atoms in total. The van der Waals surface area contributed by atoms with Gasteiger partial charge in [0.1, 0.15) is 12.0 Å². The van der Waals surface area contributed by atoms with Crippen molar-refractivity contribution in [3.8, 4) is 0 Å². The molecule has 2 aliphatic carbocycles. The molecule has 33 heavy (non-hydrogen) atoms. The Kier molecular flexibility index (Phi) is 5.61. The van der Waals surface area contributed by atoms with Crippen molar-refractivity contribution in [1.29, 1.82) is 0 Å². The molecule has 174 valence electrons. The molecule has 1 amide bonds. The van der Waals surface area contributed by atoms with Crippen LogP contribution >= 0.6 is 11.6 Å². The van der Waals surface area contributed by atoms with E-state index in [1.807, 2.05) is 0 Å². The standard InChI is InChI=1S/C24H24ClF2N3O3/c1-12-19-16(11-18(13-5-6-13)28-23(19)33-30-12)22(31)29-21(15-3-2-4-17(27)20(15)25)24(32)9-7-14(26)8-10-24/h2-4,11,13-14,21,32H,5-10H2,1H3,(H,29,31)/t14-,21?,24-. The minimum atomic E-state index is -1.48. The van der Waals surface area contributed by atoms with Crippen LogP contribution in [0.15, 0.2) is 28.8 Å². The normalized spacial score (nSPS) is 24.1. The monoisotopic (exact) mass is 475 g/mol. The fourth-order valence-electron chi connectivity index (χ4n) is 4.71. The number of halogens is 3. The van der Waals surface area contributed by atoms with Crippen LogP contribution in [-0.4, -0.2) is 32.9 Å². The quantitative estimate of drug-likeness (QED) is 0.521. The molecule has 0 spiro atoms. The van der Waals surface area contributed by atoms with Crippen LogP contribution in [0.3, 0.4) is 0 Å². The molecule has 0 radical (unpaired) electrons. The van der Waals surface area contributed by atoms with E-state index in [0.29, 0.717) is 16.6 Å². The first kappa shape index (κ1) is 22.2. The molecule has 2 heterocycles. The van der Waals surface area contributed by atoms with Gasteiger partial charge in [-0.2, -0.15) is 0 Å². The molecule has 0 saturated heterocycles. The van der Waals surface area contributed by atoms with Crippen LogP contribution in [-0.2, 0) is 0 Å². The van der Waals surface area contributed by atoms with Crippen LogP contribution in [0.25, 0.3) is 11.1 Å². The lowest BCUT2D eigenvalue weighted by atomic mass is 9.76. The smallest absolute Gasteiger partial charge is 0.259 e. The van der Waals surface area contributed by atoms with E-state index in [9.17, 15) is 18.7 Å². The number of alkyl halides is 1. The Balaban J connectivity index is 1.57. The number of nitrogens with one attached hydrogen (secondary N) is 1. The van der Waals surface area contributed by atoms with Crippen molar-refractivity contribution < 1.29 is 23.2 Å². The molecule has 1 atom stereocenters. The van der Waals surface area contributed by atoms with Crippen LogP contribution in [0, 0.1) is 12.7 Å². The van der Waals surface area contributed by atoms with E-state index in [2.05, 4.69) is 15.5 Å². The Labute approximate surface area is 194 Å². The van der Waals surface area contributed by atoms with Crippen LogP contribution in [0.2, 0.25) is 5.02 Å². The molecule has 2 aliphatic rings.